The van der Waals surface area contributed by atoms with Crippen molar-refractivity contribution >= 4 is 24.0 Å². The molecule has 0 aliphatic carbocycles. The molecule has 49 heavy (non-hydrogen) atoms. The first-order valence-electron chi connectivity index (χ1n) is 15.2. The molecule has 3 heterocycles. The van der Waals surface area contributed by atoms with E-state index < -0.39 is 111 Å². The lowest BCUT2D eigenvalue weighted by atomic mass is 9.86. The lowest BCUT2D eigenvalue weighted by molar-refractivity contribution is -0.327. The van der Waals surface area contributed by atoms with Crippen LogP contribution in [0.1, 0.15) is 18.9 Å². The van der Waals surface area contributed by atoms with Gasteiger partial charge in [0.1, 0.15) is 55.4 Å². The van der Waals surface area contributed by atoms with Crippen molar-refractivity contribution in [1.29, 1.82) is 0 Å². The number of benzene rings is 1. The lowest BCUT2D eigenvalue weighted by Crippen LogP contribution is -2.60. The van der Waals surface area contributed by atoms with Crippen LogP contribution in [0.15, 0.2) is 59.9 Å². The maximum absolute atomic E-state index is 13.1. The van der Waals surface area contributed by atoms with Gasteiger partial charge in [0.25, 0.3) is 0 Å². The van der Waals surface area contributed by atoms with E-state index in [1.165, 1.54) is 19.1 Å². The number of hydrogen-bond acceptors (Lipinski definition) is 17. The number of hydrogen-bond donors (Lipinski definition) is 7. The minimum atomic E-state index is -1.84. The summed E-state index contributed by atoms with van der Waals surface area (Å²) in [5, 5.41) is 71.3. The van der Waals surface area contributed by atoms with Gasteiger partial charge in [0.05, 0.1) is 32.0 Å². The molecule has 0 bridgehead atoms. The third kappa shape index (κ3) is 9.08. The molecule has 270 valence electrons. The highest BCUT2D eigenvalue weighted by Gasteiger charge is 2.48. The molecule has 12 atom stereocenters. The zero-order valence-electron chi connectivity index (χ0n) is 26.5. The third-order valence-electron chi connectivity index (χ3n) is 8.12. The van der Waals surface area contributed by atoms with Gasteiger partial charge in [-0.25, -0.2) is 9.59 Å². The molecular weight excluding hydrogens is 656 g/mol. The Morgan fingerprint density at radius 1 is 0.857 bits per heavy atom. The van der Waals surface area contributed by atoms with E-state index >= 15 is 0 Å². The van der Waals surface area contributed by atoms with Crippen molar-refractivity contribution in [1.82, 2.24) is 0 Å². The number of esters is 3. The van der Waals surface area contributed by atoms with Gasteiger partial charge in [-0.15, -0.1) is 0 Å². The van der Waals surface area contributed by atoms with Crippen molar-refractivity contribution in [3.8, 4) is 0 Å². The fourth-order valence-corrected chi connectivity index (χ4v) is 5.36. The van der Waals surface area contributed by atoms with E-state index in [0.29, 0.717) is 5.56 Å². The van der Waals surface area contributed by atoms with Crippen LogP contribution in [0.3, 0.4) is 0 Å². The normalized spacial score (nSPS) is 35.7. The number of allylic oxidation sites excluding steroid dienone is 1. The summed E-state index contributed by atoms with van der Waals surface area (Å²) in [5.41, 5.74) is 0.733. The summed E-state index contributed by atoms with van der Waals surface area (Å²) in [6.45, 7) is 0.155. The fraction of sp³-hybridized carbons (Fsp3) is 0.531. The highest BCUT2D eigenvalue weighted by atomic mass is 16.8. The number of aliphatic hydroxyl groups excluding tert-OH is 7. The predicted octanol–water partition coefficient (Wildman–Crippen LogP) is -2.22. The van der Waals surface area contributed by atoms with E-state index in [1.807, 2.05) is 0 Å². The molecule has 3 aliphatic rings. The van der Waals surface area contributed by atoms with Gasteiger partial charge in [-0.2, -0.15) is 0 Å². The second kappa shape index (κ2) is 17.3. The van der Waals surface area contributed by atoms with Crippen molar-refractivity contribution < 1.29 is 83.3 Å². The van der Waals surface area contributed by atoms with Gasteiger partial charge >= 0.3 is 17.9 Å². The summed E-state index contributed by atoms with van der Waals surface area (Å²) in [4.78, 5) is 38.1. The van der Waals surface area contributed by atoms with Crippen molar-refractivity contribution in [2.24, 2.45) is 5.92 Å². The molecule has 1 aromatic rings. The molecule has 3 aliphatic heterocycles. The van der Waals surface area contributed by atoms with E-state index in [2.05, 4.69) is 0 Å². The van der Waals surface area contributed by atoms with Gasteiger partial charge in [0, 0.05) is 17.6 Å². The second-order valence-corrected chi connectivity index (χ2v) is 11.3. The molecule has 2 fully saturated rings. The SMILES string of the molecule is C/C=C1\[C@H](O[C@@H]2O[C@H](CO)[C@@H](O)[C@H](O)[C@H]2O)OC=C(C(=O)OC)[C@H]1CC(=O)OC[C@H]1O[C@@H](OC(=O)/C=C\c2ccccc2)[C@H](O)[C@@H](O)[C@@H]1O. The fourth-order valence-electron chi connectivity index (χ4n) is 5.36. The van der Waals surface area contributed by atoms with Gasteiger partial charge in [0.15, 0.2) is 6.29 Å². The Balaban J connectivity index is 1.41. The van der Waals surface area contributed by atoms with Crippen LogP contribution in [0.2, 0.25) is 0 Å². The molecule has 0 unspecified atom stereocenters. The van der Waals surface area contributed by atoms with Gasteiger partial charge in [-0.1, -0.05) is 36.4 Å². The summed E-state index contributed by atoms with van der Waals surface area (Å²) in [6.07, 6.45) is -13.6. The van der Waals surface area contributed by atoms with Crippen LogP contribution in [-0.2, 0) is 47.5 Å². The molecule has 0 spiro atoms. The van der Waals surface area contributed by atoms with Crippen molar-refractivity contribution in [2.45, 2.75) is 81.0 Å². The smallest absolute Gasteiger partial charge is 0.337 e. The van der Waals surface area contributed by atoms with Gasteiger partial charge in [-0.05, 0) is 18.6 Å². The zero-order valence-corrected chi connectivity index (χ0v) is 26.5. The Morgan fingerprint density at radius 2 is 1.49 bits per heavy atom. The summed E-state index contributed by atoms with van der Waals surface area (Å²) >= 11 is 0. The van der Waals surface area contributed by atoms with Crippen molar-refractivity contribution in [2.75, 3.05) is 20.3 Å². The summed E-state index contributed by atoms with van der Waals surface area (Å²) in [7, 11) is 1.10. The minimum Gasteiger partial charge on any atom is -0.468 e. The predicted molar refractivity (Wildman–Crippen MR) is 161 cm³/mol. The maximum atomic E-state index is 13.1. The number of carbonyl (C=O) groups excluding carboxylic acids is 3. The average Bonchev–Trinajstić information content (AvgIpc) is 3.10. The van der Waals surface area contributed by atoms with Crippen LogP contribution >= 0.6 is 0 Å². The van der Waals surface area contributed by atoms with Crippen molar-refractivity contribution in [3.63, 3.8) is 0 Å². The van der Waals surface area contributed by atoms with E-state index in [9.17, 15) is 50.1 Å². The topological polar surface area (TPSA) is 257 Å². The third-order valence-corrected chi connectivity index (χ3v) is 8.12. The Morgan fingerprint density at radius 3 is 2.12 bits per heavy atom. The first kappa shape index (κ1) is 38.1. The molecule has 7 N–H and O–H groups in total. The van der Waals surface area contributed by atoms with Crippen LogP contribution in [0.4, 0.5) is 0 Å². The van der Waals surface area contributed by atoms with E-state index in [0.717, 1.165) is 19.4 Å². The highest BCUT2D eigenvalue weighted by Crippen LogP contribution is 2.36. The summed E-state index contributed by atoms with van der Waals surface area (Å²) < 4.78 is 37.3. The monoisotopic (exact) mass is 696 g/mol. The molecule has 17 heteroatoms. The molecule has 4 rings (SSSR count). The lowest BCUT2D eigenvalue weighted by Gasteiger charge is -2.42. The summed E-state index contributed by atoms with van der Waals surface area (Å²) in [5.74, 6) is -3.82. The Labute approximate surface area is 280 Å². The first-order chi connectivity index (χ1) is 23.4. The minimum absolute atomic E-state index is 0.121. The van der Waals surface area contributed by atoms with Crippen LogP contribution in [-0.4, -0.2) is 142 Å². The maximum Gasteiger partial charge on any atom is 0.337 e. The first-order valence-corrected chi connectivity index (χ1v) is 15.2. The number of ether oxygens (including phenoxy) is 7. The largest absolute Gasteiger partial charge is 0.468 e. The molecule has 0 radical (unpaired) electrons. The van der Waals surface area contributed by atoms with Crippen LogP contribution in [0.25, 0.3) is 6.08 Å². The Kier molecular flexibility index (Phi) is 13.4. The van der Waals surface area contributed by atoms with Crippen LogP contribution in [0, 0.1) is 5.92 Å². The summed E-state index contributed by atoms with van der Waals surface area (Å²) in [6, 6.07) is 8.77. The molecule has 17 nitrogen and oxygen atoms in total. The number of rotatable bonds is 11. The van der Waals surface area contributed by atoms with Gasteiger partial charge in [-0.3, -0.25) is 4.79 Å². The van der Waals surface area contributed by atoms with Gasteiger partial charge < -0.3 is 68.9 Å². The average molecular weight is 697 g/mol. The molecule has 0 aromatic heterocycles. The Hall–Kier alpha value is -3.75. The van der Waals surface area contributed by atoms with Crippen LogP contribution in [0.5, 0.6) is 0 Å². The van der Waals surface area contributed by atoms with E-state index in [1.54, 1.807) is 30.3 Å². The van der Waals surface area contributed by atoms with Crippen LogP contribution < -0.4 is 0 Å². The Bertz CT molecular complexity index is 1380. The number of methoxy groups -OCH3 is 1. The van der Waals surface area contributed by atoms with Crippen molar-refractivity contribution in [3.05, 3.63) is 65.5 Å². The molecule has 0 amide bonds. The standard InChI is InChI=1S/C32H40O17/c1-3-16-17(18(29(42)43-2)13-45-30(16)49-32-28(41)25(38)23(36)19(12-33)46-32)11-22(35)44-14-20-24(37)26(39)27(40)31(47-20)48-21(34)10-9-15-7-5-4-6-8-15/h3-10,13,17,19-20,23-28,30-33,36-41H,11-12,14H2,1-2H3/b10-9-,16-3-/t17-,19+,20+,23+,24+,25-,26-,27+,28+,30-,31-,32-/m0/s1. The van der Waals surface area contributed by atoms with E-state index in [4.69, 9.17) is 33.2 Å². The molecule has 2 saturated heterocycles. The van der Waals surface area contributed by atoms with Gasteiger partial charge in [0.2, 0.25) is 12.6 Å². The number of carbonyl (C=O) groups is 3. The van der Waals surface area contributed by atoms with E-state index in [-0.39, 0.29) is 11.1 Å². The quantitative estimate of drug-likeness (QED) is 0.0559. The molecule has 0 saturated carbocycles. The molecular formula is C32H40O17. The highest BCUT2D eigenvalue weighted by molar-refractivity contribution is 5.90. The zero-order chi connectivity index (χ0) is 35.8. The molecule has 1 aromatic carbocycles. The second-order valence-electron chi connectivity index (χ2n) is 11.3. The number of aliphatic hydroxyl groups is 7.